The molecule has 1 aromatic heterocycles. The van der Waals surface area contributed by atoms with Gasteiger partial charge in [0.05, 0.1) is 7.11 Å². The van der Waals surface area contributed by atoms with Crippen molar-refractivity contribution < 1.29 is 18.4 Å². The van der Waals surface area contributed by atoms with Crippen LogP contribution in [0.5, 0.6) is 5.75 Å². The maximum absolute atomic E-state index is 12.9. The molecule has 0 fully saturated rings. The molecule has 0 unspecified atom stereocenters. The Labute approximate surface area is 183 Å². The number of hydrogen-bond donors (Lipinski definition) is 0. The van der Waals surface area contributed by atoms with Crippen molar-refractivity contribution in [1.82, 2.24) is 0 Å². The number of hydrogen-bond acceptors (Lipinski definition) is 4. The second-order valence-electron chi connectivity index (χ2n) is 10.9. The van der Waals surface area contributed by atoms with E-state index in [0.717, 1.165) is 24.2 Å². The number of methoxy groups -OCH3 is 1. The van der Waals surface area contributed by atoms with E-state index in [9.17, 15) is 4.79 Å². The van der Waals surface area contributed by atoms with E-state index in [-0.39, 0.29) is 22.7 Å². The van der Waals surface area contributed by atoms with E-state index in [1.807, 2.05) is 19.9 Å². The zero-order valence-electron chi connectivity index (χ0n) is 20.6. The van der Waals surface area contributed by atoms with Gasteiger partial charge in [-0.25, -0.2) is 0 Å². The average molecular weight is 433 g/mol. The van der Waals surface area contributed by atoms with Crippen molar-refractivity contribution >= 4 is 14.1 Å². The highest BCUT2D eigenvalue weighted by atomic mass is 28.4. The highest BCUT2D eigenvalue weighted by molar-refractivity contribution is 6.69. The van der Waals surface area contributed by atoms with Gasteiger partial charge in [0.25, 0.3) is 0 Å². The zero-order chi connectivity index (χ0) is 22.9. The number of furan rings is 1. The van der Waals surface area contributed by atoms with E-state index in [1.54, 1.807) is 19.4 Å². The molecule has 5 heteroatoms. The van der Waals surface area contributed by atoms with Gasteiger partial charge in [0.15, 0.2) is 19.9 Å². The molecule has 0 saturated heterocycles. The number of allylic oxidation sites excluding steroid dienone is 3. The summed E-state index contributed by atoms with van der Waals surface area (Å²) in [4.78, 5) is 12.9. The fourth-order valence-electron chi connectivity index (χ4n) is 4.12. The fraction of sp³-hybridized carbons (Fsp3) is 0.640. The summed E-state index contributed by atoms with van der Waals surface area (Å²) in [6.07, 6.45) is 5.45. The molecule has 30 heavy (non-hydrogen) atoms. The van der Waals surface area contributed by atoms with Gasteiger partial charge < -0.3 is 13.6 Å². The predicted octanol–water partition coefficient (Wildman–Crippen LogP) is 7.25. The van der Waals surface area contributed by atoms with Crippen LogP contribution in [0.3, 0.4) is 0 Å². The Hall–Kier alpha value is -1.59. The lowest BCUT2D eigenvalue weighted by Gasteiger charge is -2.49. The first-order chi connectivity index (χ1) is 13.7. The van der Waals surface area contributed by atoms with Crippen LogP contribution in [0.1, 0.15) is 72.7 Å². The summed E-state index contributed by atoms with van der Waals surface area (Å²) >= 11 is 0. The average Bonchev–Trinajstić information content (AvgIpc) is 3.05. The maximum Gasteiger partial charge on any atom is 0.185 e. The third-order valence-corrected chi connectivity index (χ3v) is 7.47. The molecule has 168 valence electrons. The van der Waals surface area contributed by atoms with Crippen LogP contribution in [-0.2, 0) is 9.22 Å². The Bertz CT molecular complexity index is 830. The first kappa shape index (κ1) is 24.7. The van der Waals surface area contributed by atoms with Crippen molar-refractivity contribution in [2.75, 3.05) is 7.11 Å². The number of ketones is 1. The monoisotopic (exact) mass is 432 g/mol. The summed E-state index contributed by atoms with van der Waals surface area (Å²) in [6.45, 7) is 19.6. The van der Waals surface area contributed by atoms with Crippen LogP contribution in [-0.4, -0.2) is 21.2 Å². The van der Waals surface area contributed by atoms with Crippen LogP contribution >= 0.6 is 0 Å². The largest absolute Gasteiger partial charge is 0.493 e. The second-order valence-corrected chi connectivity index (χ2v) is 15.3. The van der Waals surface area contributed by atoms with Gasteiger partial charge in [-0.2, -0.15) is 0 Å². The number of ether oxygens (including phenoxy) is 1. The SMILES string of the molecule is COc1coc([C@H](O[Si](C)(C)C)C2=C(CC(=O)C=C(C)C)C(C)(C)C(C)(C)CC2)c1. The van der Waals surface area contributed by atoms with E-state index in [2.05, 4.69) is 47.3 Å². The van der Waals surface area contributed by atoms with Gasteiger partial charge in [-0.05, 0) is 68.8 Å². The molecule has 0 N–H and O–H groups in total. The van der Waals surface area contributed by atoms with Crippen LogP contribution in [0.4, 0.5) is 0 Å². The molecule has 0 spiro atoms. The normalized spacial score (nSPS) is 19.4. The van der Waals surface area contributed by atoms with E-state index in [0.29, 0.717) is 12.2 Å². The van der Waals surface area contributed by atoms with Crippen molar-refractivity contribution in [3.8, 4) is 5.75 Å². The number of carbonyl (C=O) groups is 1. The standard InChI is InChI=1S/C25H40O4Si/c1-17(2)13-18(26)14-21-20(11-12-24(3,4)25(21,5)6)23(29-30(8,9)10)22-15-19(27-7)16-28-22/h13,15-16,23H,11-12,14H2,1-10H3/t23-/m1/s1. The molecule has 1 atom stereocenters. The lowest BCUT2D eigenvalue weighted by molar-refractivity contribution is -0.114. The van der Waals surface area contributed by atoms with Crippen LogP contribution < -0.4 is 4.74 Å². The Morgan fingerprint density at radius 2 is 1.87 bits per heavy atom. The summed E-state index contributed by atoms with van der Waals surface area (Å²) in [5.41, 5.74) is 3.38. The van der Waals surface area contributed by atoms with Gasteiger partial charge in [-0.15, -0.1) is 0 Å². The summed E-state index contributed by atoms with van der Waals surface area (Å²) in [5, 5.41) is 0. The minimum absolute atomic E-state index is 0.0850. The van der Waals surface area contributed by atoms with E-state index < -0.39 is 8.32 Å². The maximum atomic E-state index is 12.9. The Kier molecular flexibility index (Phi) is 7.30. The molecule has 0 saturated carbocycles. The van der Waals surface area contributed by atoms with Crippen molar-refractivity contribution in [1.29, 1.82) is 0 Å². The first-order valence-electron chi connectivity index (χ1n) is 10.9. The third-order valence-electron chi connectivity index (χ3n) is 6.53. The molecule has 0 aromatic carbocycles. The molecule has 4 nitrogen and oxygen atoms in total. The Balaban J connectivity index is 2.67. The van der Waals surface area contributed by atoms with Crippen molar-refractivity contribution in [3.05, 3.63) is 40.9 Å². The highest BCUT2D eigenvalue weighted by Crippen LogP contribution is 2.56. The molecular formula is C25H40O4Si. The Morgan fingerprint density at radius 1 is 1.23 bits per heavy atom. The zero-order valence-corrected chi connectivity index (χ0v) is 21.6. The molecule has 0 amide bonds. The van der Waals surface area contributed by atoms with E-state index in [4.69, 9.17) is 13.6 Å². The molecule has 2 rings (SSSR count). The van der Waals surface area contributed by atoms with Gasteiger partial charge >= 0.3 is 0 Å². The number of rotatable bonds is 8. The molecule has 0 bridgehead atoms. The second kappa shape index (κ2) is 8.87. The molecule has 1 aliphatic carbocycles. The van der Waals surface area contributed by atoms with Gasteiger partial charge in [0.2, 0.25) is 0 Å². The summed E-state index contributed by atoms with van der Waals surface area (Å²) in [5.74, 6) is 1.59. The van der Waals surface area contributed by atoms with Crippen LogP contribution in [0.15, 0.2) is 39.5 Å². The number of carbonyl (C=O) groups excluding carboxylic acids is 1. The molecule has 0 aliphatic heterocycles. The molecular weight excluding hydrogens is 392 g/mol. The van der Waals surface area contributed by atoms with Crippen LogP contribution in [0, 0.1) is 10.8 Å². The van der Waals surface area contributed by atoms with Crippen molar-refractivity contribution in [2.45, 2.75) is 86.5 Å². The van der Waals surface area contributed by atoms with Crippen LogP contribution in [0.25, 0.3) is 0 Å². The fourth-order valence-corrected chi connectivity index (χ4v) is 5.09. The van der Waals surface area contributed by atoms with Gasteiger partial charge in [0, 0.05) is 12.5 Å². The predicted molar refractivity (Wildman–Crippen MR) is 125 cm³/mol. The van der Waals surface area contributed by atoms with Gasteiger partial charge in [-0.3, -0.25) is 4.79 Å². The minimum Gasteiger partial charge on any atom is -0.493 e. The Morgan fingerprint density at radius 3 is 2.37 bits per heavy atom. The topological polar surface area (TPSA) is 48.7 Å². The molecule has 1 aromatic rings. The van der Waals surface area contributed by atoms with Crippen molar-refractivity contribution in [3.63, 3.8) is 0 Å². The third kappa shape index (κ3) is 5.55. The summed E-state index contributed by atoms with van der Waals surface area (Å²) < 4.78 is 17.9. The summed E-state index contributed by atoms with van der Waals surface area (Å²) in [7, 11) is -0.261. The molecule has 1 heterocycles. The van der Waals surface area contributed by atoms with Crippen molar-refractivity contribution in [2.24, 2.45) is 10.8 Å². The quantitative estimate of drug-likeness (QED) is 0.246. The lowest BCUT2D eigenvalue weighted by atomic mass is 9.56. The lowest BCUT2D eigenvalue weighted by Crippen LogP contribution is -2.40. The minimum atomic E-state index is -1.90. The van der Waals surface area contributed by atoms with E-state index >= 15 is 0 Å². The highest BCUT2D eigenvalue weighted by Gasteiger charge is 2.46. The van der Waals surface area contributed by atoms with E-state index in [1.165, 1.54) is 11.1 Å². The van der Waals surface area contributed by atoms with Gasteiger partial charge in [0.1, 0.15) is 18.1 Å². The van der Waals surface area contributed by atoms with Gasteiger partial charge in [-0.1, -0.05) is 38.8 Å². The first-order valence-corrected chi connectivity index (χ1v) is 14.3. The molecule has 0 radical (unpaired) electrons. The summed E-state index contributed by atoms with van der Waals surface area (Å²) in [6, 6.07) is 1.92. The van der Waals surface area contributed by atoms with Crippen LogP contribution in [0.2, 0.25) is 19.6 Å². The molecule has 1 aliphatic rings. The smallest absolute Gasteiger partial charge is 0.185 e.